The minimum absolute atomic E-state index is 0.0161. The third kappa shape index (κ3) is 4.11. The van der Waals surface area contributed by atoms with E-state index in [1.807, 2.05) is 30.3 Å². The first-order valence-corrected chi connectivity index (χ1v) is 10.8. The second kappa shape index (κ2) is 7.89. The van der Waals surface area contributed by atoms with Gasteiger partial charge in [-0.3, -0.25) is 14.6 Å². The molecule has 27 heavy (non-hydrogen) atoms. The normalized spacial score (nSPS) is 17.0. The molecule has 1 unspecified atom stereocenters. The number of amides is 1. The van der Waals surface area contributed by atoms with Crippen LogP contribution in [-0.4, -0.2) is 38.4 Å². The Hall–Kier alpha value is -2.07. The fraction of sp³-hybridized carbons (Fsp3) is 0.167. The largest absolute Gasteiger partial charge is 0.508 e. The van der Waals surface area contributed by atoms with Crippen molar-refractivity contribution in [3.8, 4) is 5.75 Å². The lowest BCUT2D eigenvalue weighted by molar-refractivity contribution is -0.131. The Balaban J connectivity index is 1.40. The van der Waals surface area contributed by atoms with E-state index in [-0.39, 0.29) is 28.7 Å². The van der Waals surface area contributed by atoms with Gasteiger partial charge in [0.15, 0.2) is 4.34 Å². The summed E-state index contributed by atoms with van der Waals surface area (Å²) >= 11 is 4.00. The molecule has 1 aliphatic heterocycles. The fourth-order valence-corrected chi connectivity index (χ4v) is 5.70. The van der Waals surface area contributed by atoms with Crippen LogP contribution in [0.1, 0.15) is 10.9 Å². The topological polar surface area (TPSA) is 82.5 Å². The van der Waals surface area contributed by atoms with Crippen LogP contribution in [0.3, 0.4) is 0 Å². The Kier molecular flexibility index (Phi) is 5.35. The number of phenolic OH excluding ortho intramolecular Hbond substituents is 1. The van der Waals surface area contributed by atoms with E-state index in [1.54, 1.807) is 18.2 Å². The molecule has 3 aromatic rings. The van der Waals surface area contributed by atoms with E-state index >= 15 is 0 Å². The number of thiazole rings is 1. The number of rotatable bonds is 5. The Morgan fingerprint density at radius 3 is 2.96 bits per heavy atom. The number of carbonyl (C=O) groups excluding carboxylic acids is 2. The van der Waals surface area contributed by atoms with E-state index in [0.717, 1.165) is 27.5 Å². The summed E-state index contributed by atoms with van der Waals surface area (Å²) in [5, 5.41) is 10.7. The van der Waals surface area contributed by atoms with Gasteiger partial charge in [-0.05, 0) is 41.6 Å². The lowest BCUT2D eigenvalue weighted by Crippen LogP contribution is -2.43. The number of aromatic nitrogens is 1. The average Bonchev–Trinajstić information content (AvgIpc) is 3.22. The second-order valence-electron chi connectivity index (χ2n) is 5.78. The first kappa shape index (κ1) is 18.3. The smallest absolute Gasteiger partial charge is 0.248 e. The summed E-state index contributed by atoms with van der Waals surface area (Å²) in [6.45, 7) is 0.0161. The predicted octanol–water partition coefficient (Wildman–Crippen LogP) is 3.40. The number of thioether (sulfide) groups is 2. The molecule has 0 saturated carbocycles. The van der Waals surface area contributed by atoms with Crippen molar-refractivity contribution in [2.24, 2.45) is 0 Å². The summed E-state index contributed by atoms with van der Waals surface area (Å²) < 4.78 is 1.73. The zero-order valence-corrected chi connectivity index (χ0v) is 16.4. The molecule has 2 heterocycles. The molecule has 0 radical (unpaired) electrons. The van der Waals surface area contributed by atoms with Crippen molar-refractivity contribution in [2.45, 2.75) is 9.71 Å². The Morgan fingerprint density at radius 2 is 2.15 bits per heavy atom. The van der Waals surface area contributed by atoms with Gasteiger partial charge < -0.3 is 5.11 Å². The van der Waals surface area contributed by atoms with Crippen LogP contribution in [0, 0.1) is 0 Å². The first-order valence-electron chi connectivity index (χ1n) is 8.12. The van der Waals surface area contributed by atoms with Gasteiger partial charge >= 0.3 is 0 Å². The molecule has 0 bridgehead atoms. The molecule has 4 rings (SSSR count). The number of nitrogens with zero attached hydrogens (tertiary/aromatic N) is 2. The van der Waals surface area contributed by atoms with Crippen molar-refractivity contribution >= 4 is 56.1 Å². The number of nitrogens with one attached hydrogen (secondary N) is 1. The highest BCUT2D eigenvalue weighted by atomic mass is 32.2. The zero-order chi connectivity index (χ0) is 18.8. The van der Waals surface area contributed by atoms with Crippen LogP contribution in [0.15, 0.2) is 52.9 Å². The lowest BCUT2D eigenvalue weighted by Gasteiger charge is -2.24. The average molecular weight is 418 g/mol. The summed E-state index contributed by atoms with van der Waals surface area (Å²) in [5.74, 6) is 0.382. The standard InChI is InChI=1S/C18H15N3O3S3/c22-12-5-3-4-11(8-12)17-21(15(23)10-25-17)19-9-16(24)27-18-20-13-6-1-2-7-14(13)26-18/h1-8,17,19,22H,9-10H2. The van der Waals surface area contributed by atoms with E-state index in [1.165, 1.54) is 28.1 Å². The molecular weight excluding hydrogens is 402 g/mol. The van der Waals surface area contributed by atoms with Crippen LogP contribution >= 0.6 is 34.9 Å². The third-order valence-electron chi connectivity index (χ3n) is 3.89. The molecule has 6 nitrogen and oxygen atoms in total. The maximum Gasteiger partial charge on any atom is 0.248 e. The van der Waals surface area contributed by atoms with Crippen molar-refractivity contribution in [3.05, 3.63) is 54.1 Å². The van der Waals surface area contributed by atoms with Gasteiger partial charge in [-0.2, -0.15) is 0 Å². The molecule has 0 aliphatic carbocycles. The quantitative estimate of drug-likeness (QED) is 0.616. The minimum Gasteiger partial charge on any atom is -0.508 e. The highest BCUT2D eigenvalue weighted by molar-refractivity contribution is 8.15. The number of para-hydroxylation sites is 1. The molecule has 1 fully saturated rings. The predicted molar refractivity (Wildman–Crippen MR) is 109 cm³/mol. The second-order valence-corrected chi connectivity index (χ2v) is 9.18. The fourth-order valence-electron chi connectivity index (χ4n) is 2.70. The van der Waals surface area contributed by atoms with Gasteiger partial charge in [-0.15, -0.1) is 23.1 Å². The van der Waals surface area contributed by atoms with E-state index in [0.29, 0.717) is 10.1 Å². The van der Waals surface area contributed by atoms with Crippen molar-refractivity contribution in [3.63, 3.8) is 0 Å². The van der Waals surface area contributed by atoms with Crippen molar-refractivity contribution < 1.29 is 14.7 Å². The highest BCUT2D eigenvalue weighted by Crippen LogP contribution is 2.38. The van der Waals surface area contributed by atoms with Gasteiger partial charge in [-0.25, -0.2) is 10.4 Å². The minimum atomic E-state index is -0.273. The number of hydrogen-bond donors (Lipinski definition) is 2. The van der Waals surface area contributed by atoms with Crippen LogP contribution in [0.25, 0.3) is 10.2 Å². The van der Waals surface area contributed by atoms with Gasteiger partial charge in [0.25, 0.3) is 0 Å². The van der Waals surface area contributed by atoms with E-state index in [9.17, 15) is 14.7 Å². The van der Waals surface area contributed by atoms with Gasteiger partial charge in [0.1, 0.15) is 11.1 Å². The van der Waals surface area contributed by atoms with Crippen LogP contribution in [-0.2, 0) is 9.59 Å². The molecule has 9 heteroatoms. The Bertz CT molecular complexity index is 974. The lowest BCUT2D eigenvalue weighted by atomic mass is 10.2. The summed E-state index contributed by atoms with van der Waals surface area (Å²) in [5.41, 5.74) is 4.63. The van der Waals surface area contributed by atoms with Gasteiger partial charge in [0.2, 0.25) is 11.0 Å². The molecule has 2 N–H and O–H groups in total. The van der Waals surface area contributed by atoms with E-state index < -0.39 is 0 Å². The molecule has 1 amide bonds. The highest BCUT2D eigenvalue weighted by Gasteiger charge is 2.33. The van der Waals surface area contributed by atoms with Gasteiger partial charge in [0, 0.05) is 0 Å². The molecule has 1 saturated heterocycles. The Labute approximate surface area is 167 Å². The monoisotopic (exact) mass is 417 g/mol. The number of phenols is 1. The van der Waals surface area contributed by atoms with E-state index in [2.05, 4.69) is 10.4 Å². The third-order valence-corrected chi connectivity index (χ3v) is 7.07. The molecule has 0 spiro atoms. The van der Waals surface area contributed by atoms with Crippen LogP contribution in [0.2, 0.25) is 0 Å². The maximum absolute atomic E-state index is 12.3. The summed E-state index contributed by atoms with van der Waals surface area (Å²) in [7, 11) is 0. The molecule has 1 aliphatic rings. The summed E-state index contributed by atoms with van der Waals surface area (Å²) in [6, 6.07) is 14.5. The SMILES string of the molecule is O=C(CNN1C(=O)CSC1c1cccc(O)c1)Sc1nc2ccccc2s1. The summed E-state index contributed by atoms with van der Waals surface area (Å²) in [6.07, 6.45) is 0. The Morgan fingerprint density at radius 1 is 1.30 bits per heavy atom. The number of fused-ring (bicyclic) bond motifs is 1. The molecular formula is C18H15N3O3S3. The van der Waals surface area contributed by atoms with Crippen LogP contribution < -0.4 is 5.43 Å². The van der Waals surface area contributed by atoms with Crippen LogP contribution in [0.4, 0.5) is 0 Å². The van der Waals surface area contributed by atoms with Crippen molar-refractivity contribution in [1.29, 1.82) is 0 Å². The van der Waals surface area contributed by atoms with Crippen molar-refractivity contribution in [1.82, 2.24) is 15.4 Å². The number of benzene rings is 2. The first-order chi connectivity index (χ1) is 13.1. The molecule has 1 aromatic heterocycles. The van der Waals surface area contributed by atoms with Crippen molar-refractivity contribution in [2.75, 3.05) is 12.3 Å². The van der Waals surface area contributed by atoms with Gasteiger partial charge in [0.05, 0.1) is 22.5 Å². The number of aromatic hydroxyl groups is 1. The number of hydrazine groups is 1. The maximum atomic E-state index is 12.3. The molecule has 1 atom stereocenters. The van der Waals surface area contributed by atoms with Gasteiger partial charge in [-0.1, -0.05) is 24.3 Å². The van der Waals surface area contributed by atoms with E-state index in [4.69, 9.17) is 0 Å². The van der Waals surface area contributed by atoms with Crippen LogP contribution in [0.5, 0.6) is 5.75 Å². The number of hydrogen-bond acceptors (Lipinski definition) is 8. The number of carbonyl (C=O) groups is 2. The summed E-state index contributed by atoms with van der Waals surface area (Å²) in [4.78, 5) is 29.0. The zero-order valence-electron chi connectivity index (χ0n) is 14.0. The molecule has 138 valence electrons. The molecule has 2 aromatic carbocycles.